The molecule has 0 aliphatic heterocycles. The van der Waals surface area contributed by atoms with Gasteiger partial charge in [0.15, 0.2) is 0 Å². The molecule has 0 unspecified atom stereocenters. The summed E-state index contributed by atoms with van der Waals surface area (Å²) in [5, 5.41) is 21.2. The van der Waals surface area contributed by atoms with Crippen LogP contribution in [0.4, 0.5) is 4.39 Å². The van der Waals surface area contributed by atoms with Crippen molar-refractivity contribution in [1.82, 2.24) is 9.78 Å². The Hall–Kier alpha value is -0.875. The maximum atomic E-state index is 12.5. The Balaban J connectivity index is 2.14. The lowest BCUT2D eigenvalue weighted by atomic mass is 9.83. The van der Waals surface area contributed by atoms with E-state index in [0.29, 0.717) is 11.9 Å². The van der Waals surface area contributed by atoms with Gasteiger partial charge in [-0.3, -0.25) is 4.68 Å². The summed E-state index contributed by atoms with van der Waals surface area (Å²) in [6.07, 6.45) is 2.43. The van der Waals surface area contributed by atoms with E-state index in [1.54, 1.807) is 0 Å². The molecule has 0 spiro atoms. The van der Waals surface area contributed by atoms with E-state index in [1.165, 1.54) is 17.1 Å². The highest BCUT2D eigenvalue weighted by atomic mass is 19.1. The second kappa shape index (κ2) is 2.57. The largest absolute Gasteiger partial charge is 0.491 e. The summed E-state index contributed by atoms with van der Waals surface area (Å²) in [5.74, 6) is 0. The Kier molecular flexibility index (Phi) is 1.66. The quantitative estimate of drug-likeness (QED) is 0.550. The van der Waals surface area contributed by atoms with Crippen LogP contribution in [0.2, 0.25) is 0 Å². The molecular weight excluding hydrogens is 162 g/mol. The van der Waals surface area contributed by atoms with Crippen LogP contribution >= 0.6 is 0 Å². The zero-order chi connectivity index (χ0) is 8.72. The minimum Gasteiger partial charge on any atom is -0.423 e. The van der Waals surface area contributed by atoms with Crippen LogP contribution < -0.4 is 5.46 Å². The van der Waals surface area contributed by atoms with E-state index in [-0.39, 0.29) is 6.04 Å². The fraction of sp³-hybridized carbons (Fsp3) is 0.500. The molecule has 1 heterocycles. The maximum Gasteiger partial charge on any atom is 0.491 e. The number of hydrogen-bond donors (Lipinski definition) is 2. The average Bonchev–Trinajstić information content (AvgIpc) is 2.59. The lowest BCUT2D eigenvalue weighted by Crippen LogP contribution is -2.28. The molecule has 4 nitrogen and oxygen atoms in total. The van der Waals surface area contributed by atoms with Crippen molar-refractivity contribution in [3.05, 3.63) is 12.4 Å². The van der Waals surface area contributed by atoms with Gasteiger partial charge in [-0.15, -0.1) is 0 Å². The molecule has 1 saturated carbocycles. The van der Waals surface area contributed by atoms with Crippen molar-refractivity contribution < 1.29 is 14.4 Å². The Morgan fingerprint density at radius 1 is 1.67 bits per heavy atom. The molecule has 0 aromatic carbocycles. The minimum absolute atomic E-state index is 0.197. The van der Waals surface area contributed by atoms with Gasteiger partial charge in [0.25, 0.3) is 0 Å². The van der Waals surface area contributed by atoms with Crippen LogP contribution in [0.15, 0.2) is 12.4 Å². The molecule has 1 fully saturated rings. The van der Waals surface area contributed by atoms with Crippen LogP contribution in [0.5, 0.6) is 0 Å². The van der Waals surface area contributed by atoms with Gasteiger partial charge in [0.2, 0.25) is 0 Å². The molecule has 1 aromatic rings. The number of aromatic nitrogens is 2. The van der Waals surface area contributed by atoms with Crippen molar-refractivity contribution in [2.45, 2.75) is 18.6 Å². The standard InChI is InChI=1S/C6H8BFN2O2/c8-5-1-6(5)10-3-4(2-9-10)7(11)12/h2-3,5-6,11-12H,1H2/t5-,6-/m1/s1. The summed E-state index contributed by atoms with van der Waals surface area (Å²) in [5.41, 5.74) is 0.300. The number of hydrogen-bond acceptors (Lipinski definition) is 3. The van der Waals surface area contributed by atoms with Crippen molar-refractivity contribution in [2.24, 2.45) is 0 Å². The third-order valence-electron chi connectivity index (χ3n) is 1.94. The summed E-state index contributed by atoms with van der Waals surface area (Å²) in [6, 6.07) is -0.197. The Morgan fingerprint density at radius 2 is 2.33 bits per heavy atom. The van der Waals surface area contributed by atoms with Gasteiger partial charge in [0, 0.05) is 24.3 Å². The third kappa shape index (κ3) is 1.23. The summed E-state index contributed by atoms with van der Waals surface area (Å²) in [7, 11) is -1.52. The van der Waals surface area contributed by atoms with Gasteiger partial charge in [-0.2, -0.15) is 5.10 Å². The van der Waals surface area contributed by atoms with Crippen molar-refractivity contribution in [2.75, 3.05) is 0 Å². The number of halogens is 1. The first-order valence-electron chi connectivity index (χ1n) is 3.73. The van der Waals surface area contributed by atoms with Crippen LogP contribution in [-0.4, -0.2) is 33.1 Å². The fourth-order valence-corrected chi connectivity index (χ4v) is 1.09. The van der Waals surface area contributed by atoms with Crippen LogP contribution in [-0.2, 0) is 0 Å². The monoisotopic (exact) mass is 170 g/mol. The molecule has 2 rings (SSSR count). The first kappa shape index (κ1) is 7.76. The molecular formula is C6H8BFN2O2. The normalized spacial score (nSPS) is 27.2. The number of alkyl halides is 1. The SMILES string of the molecule is OB(O)c1cnn([C@@H]2C[C@H]2F)c1. The molecule has 12 heavy (non-hydrogen) atoms. The van der Waals surface area contributed by atoms with E-state index in [0.717, 1.165) is 0 Å². The van der Waals surface area contributed by atoms with E-state index in [2.05, 4.69) is 5.10 Å². The highest BCUT2D eigenvalue weighted by Crippen LogP contribution is 2.37. The van der Waals surface area contributed by atoms with E-state index >= 15 is 0 Å². The average molecular weight is 170 g/mol. The number of rotatable bonds is 2. The Labute approximate surface area is 68.8 Å². The zero-order valence-corrected chi connectivity index (χ0v) is 6.26. The first-order valence-corrected chi connectivity index (χ1v) is 3.73. The molecule has 6 heteroatoms. The second-order valence-corrected chi connectivity index (χ2v) is 2.95. The van der Waals surface area contributed by atoms with Crippen LogP contribution in [0.3, 0.4) is 0 Å². The van der Waals surface area contributed by atoms with Crippen LogP contribution in [0.25, 0.3) is 0 Å². The molecule has 0 radical (unpaired) electrons. The maximum absolute atomic E-state index is 12.5. The molecule has 0 bridgehead atoms. The lowest BCUT2D eigenvalue weighted by molar-refractivity contribution is 0.424. The molecule has 2 N–H and O–H groups in total. The smallest absolute Gasteiger partial charge is 0.423 e. The highest BCUT2D eigenvalue weighted by molar-refractivity contribution is 6.58. The third-order valence-corrected chi connectivity index (χ3v) is 1.94. The Bertz CT molecular complexity index is 291. The molecule has 1 aliphatic carbocycles. The van der Waals surface area contributed by atoms with E-state index in [9.17, 15) is 4.39 Å². The first-order chi connectivity index (χ1) is 5.68. The fourth-order valence-electron chi connectivity index (χ4n) is 1.09. The lowest BCUT2D eigenvalue weighted by Gasteiger charge is -1.94. The molecule has 2 atom stereocenters. The Morgan fingerprint density at radius 3 is 2.75 bits per heavy atom. The summed E-state index contributed by atoms with van der Waals surface area (Å²) in [6.45, 7) is 0. The van der Waals surface area contributed by atoms with Gasteiger partial charge in [-0.05, 0) is 0 Å². The highest BCUT2D eigenvalue weighted by Gasteiger charge is 2.40. The van der Waals surface area contributed by atoms with Gasteiger partial charge < -0.3 is 10.0 Å². The molecule has 1 aliphatic rings. The number of nitrogens with zero attached hydrogens (tertiary/aromatic N) is 2. The summed E-state index contributed by atoms with van der Waals surface area (Å²) >= 11 is 0. The summed E-state index contributed by atoms with van der Waals surface area (Å²) < 4.78 is 13.9. The van der Waals surface area contributed by atoms with Crippen LogP contribution in [0, 0.1) is 0 Å². The van der Waals surface area contributed by atoms with Gasteiger partial charge in [0.05, 0.1) is 6.04 Å². The van der Waals surface area contributed by atoms with E-state index in [4.69, 9.17) is 10.0 Å². The molecule has 64 valence electrons. The minimum atomic E-state index is -1.52. The van der Waals surface area contributed by atoms with E-state index in [1.807, 2.05) is 0 Å². The predicted molar refractivity (Wildman–Crippen MR) is 40.6 cm³/mol. The predicted octanol–water partition coefficient (Wildman–Crippen LogP) is -1.15. The zero-order valence-electron chi connectivity index (χ0n) is 6.26. The van der Waals surface area contributed by atoms with Crippen LogP contribution in [0.1, 0.15) is 12.5 Å². The van der Waals surface area contributed by atoms with Gasteiger partial charge in [-0.25, -0.2) is 4.39 Å². The van der Waals surface area contributed by atoms with Gasteiger partial charge >= 0.3 is 7.12 Å². The van der Waals surface area contributed by atoms with Crippen molar-refractivity contribution in [3.8, 4) is 0 Å². The van der Waals surface area contributed by atoms with Gasteiger partial charge in [0.1, 0.15) is 6.17 Å². The van der Waals surface area contributed by atoms with Gasteiger partial charge in [-0.1, -0.05) is 0 Å². The molecule has 0 amide bonds. The molecule has 1 aromatic heterocycles. The van der Waals surface area contributed by atoms with E-state index < -0.39 is 13.3 Å². The van der Waals surface area contributed by atoms with Crippen molar-refractivity contribution in [3.63, 3.8) is 0 Å². The van der Waals surface area contributed by atoms with Crippen molar-refractivity contribution in [1.29, 1.82) is 0 Å². The summed E-state index contributed by atoms with van der Waals surface area (Å²) in [4.78, 5) is 0. The molecule has 0 saturated heterocycles. The van der Waals surface area contributed by atoms with Crippen molar-refractivity contribution >= 4 is 12.6 Å². The second-order valence-electron chi connectivity index (χ2n) is 2.95. The topological polar surface area (TPSA) is 58.3 Å².